The second-order valence-corrected chi connectivity index (χ2v) is 12.7. The Bertz CT molecular complexity index is 1720. The van der Waals surface area contributed by atoms with Gasteiger partial charge in [-0.3, -0.25) is 13.9 Å². The Morgan fingerprint density at radius 1 is 0.909 bits per heavy atom. The summed E-state index contributed by atoms with van der Waals surface area (Å²) in [4.78, 5) is 29.1. The van der Waals surface area contributed by atoms with Gasteiger partial charge in [-0.2, -0.15) is 0 Å². The van der Waals surface area contributed by atoms with Crippen molar-refractivity contribution in [1.29, 1.82) is 0 Å². The normalized spacial score (nSPS) is 11.9. The van der Waals surface area contributed by atoms with Gasteiger partial charge >= 0.3 is 0 Å². The number of carbonyl (C=O) groups excluding carboxylic acids is 2. The van der Waals surface area contributed by atoms with Crippen LogP contribution in [0.5, 0.6) is 0 Å². The van der Waals surface area contributed by atoms with Crippen LogP contribution in [0.25, 0.3) is 0 Å². The van der Waals surface area contributed by atoms with E-state index in [2.05, 4.69) is 5.32 Å². The van der Waals surface area contributed by atoms with Gasteiger partial charge in [-0.15, -0.1) is 0 Å². The number of nitrogens with zero attached hydrogens (tertiary/aromatic N) is 2. The maximum absolute atomic E-state index is 14.9. The van der Waals surface area contributed by atoms with E-state index in [-0.39, 0.29) is 29.1 Å². The molecule has 44 heavy (non-hydrogen) atoms. The molecule has 10 heteroatoms. The molecule has 7 nitrogen and oxygen atoms in total. The van der Waals surface area contributed by atoms with Gasteiger partial charge in [0.2, 0.25) is 11.8 Å². The quantitative estimate of drug-likeness (QED) is 0.205. The van der Waals surface area contributed by atoms with Crippen molar-refractivity contribution >= 4 is 39.1 Å². The molecule has 0 fully saturated rings. The maximum atomic E-state index is 14.9. The molecule has 0 saturated heterocycles. The van der Waals surface area contributed by atoms with E-state index >= 15 is 0 Å². The minimum atomic E-state index is -4.27. The van der Waals surface area contributed by atoms with Crippen LogP contribution < -0.4 is 9.62 Å². The van der Waals surface area contributed by atoms with Crippen LogP contribution in [0.1, 0.15) is 29.2 Å². The topological polar surface area (TPSA) is 86.8 Å². The maximum Gasteiger partial charge on any atom is 0.264 e. The summed E-state index contributed by atoms with van der Waals surface area (Å²) < 4.78 is 44.1. The number of aryl methyl sites for hydroxylation is 2. The van der Waals surface area contributed by atoms with Gasteiger partial charge in [0.25, 0.3) is 10.0 Å². The van der Waals surface area contributed by atoms with Crippen LogP contribution in [0.15, 0.2) is 102 Å². The van der Waals surface area contributed by atoms with E-state index in [9.17, 15) is 22.4 Å². The summed E-state index contributed by atoms with van der Waals surface area (Å²) in [6.07, 6.45) is 0.133. The molecule has 0 saturated carbocycles. The number of halogens is 2. The van der Waals surface area contributed by atoms with Crippen molar-refractivity contribution in [3.8, 4) is 0 Å². The summed E-state index contributed by atoms with van der Waals surface area (Å²) >= 11 is 6.40. The van der Waals surface area contributed by atoms with Crippen molar-refractivity contribution < 1.29 is 22.4 Å². The first kappa shape index (κ1) is 32.7. The molecule has 0 aliphatic heterocycles. The third kappa shape index (κ3) is 7.84. The number of rotatable bonds is 12. The van der Waals surface area contributed by atoms with Crippen LogP contribution in [-0.4, -0.2) is 44.3 Å². The molecule has 1 N–H and O–H groups in total. The van der Waals surface area contributed by atoms with Gasteiger partial charge in [0, 0.05) is 30.1 Å². The van der Waals surface area contributed by atoms with Gasteiger partial charge in [0.15, 0.2) is 0 Å². The number of likely N-dealkylation sites (N-methyl/N-ethyl adjacent to an activating group) is 1. The smallest absolute Gasteiger partial charge is 0.264 e. The molecule has 0 spiro atoms. The van der Waals surface area contributed by atoms with E-state index < -0.39 is 40.2 Å². The molecule has 0 heterocycles. The van der Waals surface area contributed by atoms with E-state index in [4.69, 9.17) is 11.6 Å². The predicted molar refractivity (Wildman–Crippen MR) is 171 cm³/mol. The second-order valence-electron chi connectivity index (χ2n) is 10.5. The lowest BCUT2D eigenvalue weighted by Crippen LogP contribution is -2.53. The number of anilines is 1. The molecule has 4 rings (SSSR count). The van der Waals surface area contributed by atoms with Crippen LogP contribution in [-0.2, 0) is 32.6 Å². The first-order chi connectivity index (χ1) is 21.0. The van der Waals surface area contributed by atoms with Gasteiger partial charge in [0.05, 0.1) is 10.6 Å². The molecule has 2 amide bonds. The molecule has 4 aromatic rings. The van der Waals surface area contributed by atoms with Crippen molar-refractivity contribution in [2.45, 2.75) is 44.7 Å². The summed E-state index contributed by atoms with van der Waals surface area (Å²) in [5, 5.41) is 3.11. The fraction of sp³-hybridized carbons (Fsp3) is 0.235. The number of hydrogen-bond donors (Lipinski definition) is 1. The van der Waals surface area contributed by atoms with E-state index in [1.54, 1.807) is 44.2 Å². The average Bonchev–Trinajstić information content (AvgIpc) is 3.00. The molecule has 0 aliphatic rings. The SMILES string of the molecule is CCNC(=O)C(Cc1ccccc1)N(Cc1ccccc1F)C(=O)CN(c1ccc(C)c(Cl)c1)S(=O)(=O)c1ccc(C)cc1. The molecular formula is C34H35ClFN3O4S. The molecule has 1 unspecified atom stereocenters. The highest BCUT2D eigenvalue weighted by Crippen LogP contribution is 2.29. The Morgan fingerprint density at radius 3 is 2.20 bits per heavy atom. The van der Waals surface area contributed by atoms with E-state index in [0.717, 1.165) is 21.0 Å². The molecule has 0 aliphatic carbocycles. The minimum Gasteiger partial charge on any atom is -0.355 e. The van der Waals surface area contributed by atoms with Crippen molar-refractivity contribution in [3.63, 3.8) is 0 Å². The number of hydrogen-bond acceptors (Lipinski definition) is 4. The summed E-state index contributed by atoms with van der Waals surface area (Å²) in [6, 6.07) is 25.1. The number of benzene rings is 4. The van der Waals surface area contributed by atoms with Crippen LogP contribution in [0.2, 0.25) is 5.02 Å². The van der Waals surface area contributed by atoms with E-state index in [0.29, 0.717) is 11.6 Å². The summed E-state index contributed by atoms with van der Waals surface area (Å²) in [7, 11) is -4.27. The zero-order valence-electron chi connectivity index (χ0n) is 24.8. The lowest BCUT2D eigenvalue weighted by Gasteiger charge is -2.34. The Labute approximate surface area is 263 Å². The molecule has 0 radical (unpaired) electrons. The number of carbonyl (C=O) groups is 2. The lowest BCUT2D eigenvalue weighted by molar-refractivity contribution is -0.140. The van der Waals surface area contributed by atoms with E-state index in [1.165, 1.54) is 41.3 Å². The van der Waals surface area contributed by atoms with Gasteiger partial charge < -0.3 is 10.2 Å². The molecule has 4 aromatic carbocycles. The molecular weight excluding hydrogens is 601 g/mol. The Hall–Kier alpha value is -4.21. The van der Waals surface area contributed by atoms with Crippen molar-refractivity contribution in [2.75, 3.05) is 17.4 Å². The highest BCUT2D eigenvalue weighted by atomic mass is 35.5. The fourth-order valence-corrected chi connectivity index (χ4v) is 6.34. The van der Waals surface area contributed by atoms with Crippen LogP contribution >= 0.6 is 11.6 Å². The molecule has 230 valence electrons. The Kier molecular flexibility index (Phi) is 10.8. The van der Waals surface area contributed by atoms with E-state index in [1.807, 2.05) is 37.3 Å². The van der Waals surface area contributed by atoms with Crippen molar-refractivity contribution in [2.24, 2.45) is 0 Å². The zero-order valence-corrected chi connectivity index (χ0v) is 26.4. The van der Waals surface area contributed by atoms with Gasteiger partial charge in [0.1, 0.15) is 18.4 Å². The highest BCUT2D eigenvalue weighted by Gasteiger charge is 2.35. The first-order valence-corrected chi connectivity index (χ1v) is 16.0. The average molecular weight is 636 g/mol. The van der Waals surface area contributed by atoms with Crippen molar-refractivity contribution in [3.05, 3.63) is 130 Å². The standard InChI is InChI=1S/C34H35ClFN3O4S/c1-4-37-34(41)32(20-26-10-6-5-7-11-26)38(22-27-12-8-9-13-31(27)36)33(40)23-39(28-17-16-25(3)30(35)21-28)44(42,43)29-18-14-24(2)15-19-29/h5-19,21,32H,4,20,22-23H2,1-3H3,(H,37,41). The van der Waals surface area contributed by atoms with Crippen molar-refractivity contribution in [1.82, 2.24) is 10.2 Å². The largest absolute Gasteiger partial charge is 0.355 e. The summed E-state index contributed by atoms with van der Waals surface area (Å²) in [6.45, 7) is 4.78. The number of nitrogens with one attached hydrogen (secondary N) is 1. The van der Waals surface area contributed by atoms with Gasteiger partial charge in [-0.25, -0.2) is 12.8 Å². The van der Waals surface area contributed by atoms with Crippen LogP contribution in [0.4, 0.5) is 10.1 Å². The highest BCUT2D eigenvalue weighted by molar-refractivity contribution is 7.92. The number of amides is 2. The molecule has 0 bridgehead atoms. The predicted octanol–water partition coefficient (Wildman–Crippen LogP) is 6.07. The lowest BCUT2D eigenvalue weighted by atomic mass is 10.0. The summed E-state index contributed by atoms with van der Waals surface area (Å²) in [5.74, 6) is -1.67. The zero-order chi connectivity index (χ0) is 31.9. The first-order valence-electron chi connectivity index (χ1n) is 14.2. The van der Waals surface area contributed by atoms with Gasteiger partial charge in [-0.1, -0.05) is 83.9 Å². The number of sulfonamides is 1. The van der Waals surface area contributed by atoms with Gasteiger partial charge in [-0.05, 0) is 62.2 Å². The Morgan fingerprint density at radius 2 is 1.57 bits per heavy atom. The third-order valence-electron chi connectivity index (χ3n) is 7.25. The van der Waals surface area contributed by atoms with Crippen LogP contribution in [0.3, 0.4) is 0 Å². The molecule has 0 aromatic heterocycles. The Balaban J connectivity index is 1.82. The van der Waals surface area contributed by atoms with Crippen LogP contribution in [0, 0.1) is 19.7 Å². The fourth-order valence-electron chi connectivity index (χ4n) is 4.76. The minimum absolute atomic E-state index is 0.0159. The third-order valence-corrected chi connectivity index (χ3v) is 9.45. The molecule has 1 atom stereocenters. The monoisotopic (exact) mass is 635 g/mol. The summed E-state index contributed by atoms with van der Waals surface area (Å²) in [5.41, 5.74) is 2.75. The second kappa shape index (κ2) is 14.5.